The maximum Gasteiger partial charge on any atom is 0.412 e. The molecule has 8 aromatic heterocycles. The van der Waals surface area contributed by atoms with Crippen molar-refractivity contribution >= 4 is 129 Å². The number of hydroxylamine groups is 1. The molecule has 32 heteroatoms. The van der Waals surface area contributed by atoms with Crippen LogP contribution in [0.4, 0.5) is 26.5 Å². The normalized spacial score (nSPS) is 10.3. The molecule has 8 aromatic rings. The number of ether oxygens (including phenoxy) is 4. The topological polar surface area (TPSA) is 342 Å². The summed E-state index contributed by atoms with van der Waals surface area (Å²) in [5.74, 6) is -2.11. The van der Waals surface area contributed by atoms with Gasteiger partial charge in [0.05, 0.1) is 56.4 Å². The van der Waals surface area contributed by atoms with Crippen LogP contribution in [-0.2, 0) is 18.9 Å². The number of hydrogen-bond acceptors (Lipinski definition) is 20. The van der Waals surface area contributed by atoms with E-state index in [1.165, 1.54) is 104 Å². The minimum absolute atomic E-state index is 0.102. The van der Waals surface area contributed by atoms with Crippen LogP contribution in [-0.4, -0.2) is 134 Å². The highest BCUT2D eigenvalue weighted by atomic mass is 35.5. The van der Waals surface area contributed by atoms with Crippen LogP contribution in [0.2, 0.25) is 25.8 Å². The Labute approximate surface area is 450 Å². The minimum atomic E-state index is -1.03. The molecule has 8 heterocycles. The molecule has 400 valence electrons. The van der Waals surface area contributed by atoms with Gasteiger partial charge in [-0.15, -0.1) is 0 Å². The average Bonchev–Trinajstić information content (AvgIpc) is 4.19. The lowest BCUT2D eigenvalue weighted by molar-refractivity contribution is 0.0592. The quantitative estimate of drug-likeness (QED) is 0.0249. The molecule has 0 saturated carbocycles. The molecule has 0 saturated heterocycles. The van der Waals surface area contributed by atoms with Gasteiger partial charge in [-0.05, 0) is 75.4 Å². The standard InChI is InChI=1S/C11H13ClN4O2.C8H8ClN3O3.C8H6ClN3O2.C7H4ClN3O2.C7H7ClN2O2.CH3F.CH4/c1-11(2,3)18-10(17)15-7-4-8(12)16-9(5-7)13-6-14-16;1-15-8(13)5-2-6(9)12-7(3-5)10-4-11-14;1-14-8(13)5-2-6(9)12-7(3-5)10-4-11-12;8-5-1-4(7(12)13)2-6-9-3-10-11(5)6;1-12-7(11)4-2-5(8)10-6(9)3-4;1-2;/h4-6H,1-3H3,(H,15,17);2-4,14H,1H3,(H,10,11,12);2-4H,1H3;1-3H,(H,12,13);2-3H,1H3,(H2,9,10);1H3;1H4/i;;;;;;1D. The number of fused-ring (bicyclic) bond motifs is 3. The number of aliphatic imine (C=N–C) groups is 1. The number of alkyl halides is 1. The van der Waals surface area contributed by atoms with Crippen LogP contribution in [0.3, 0.4) is 0 Å². The van der Waals surface area contributed by atoms with Crippen LogP contribution in [0.25, 0.3) is 16.9 Å². The van der Waals surface area contributed by atoms with Crippen LogP contribution < -0.4 is 16.5 Å². The molecule has 0 unspecified atom stereocenters. The highest BCUT2D eigenvalue weighted by Gasteiger charge is 2.17. The van der Waals surface area contributed by atoms with E-state index in [9.17, 15) is 28.4 Å². The first kappa shape index (κ1) is 61.2. The van der Waals surface area contributed by atoms with Crippen molar-refractivity contribution in [2.45, 2.75) is 33.8 Å². The second-order valence-electron chi connectivity index (χ2n) is 14.2. The highest BCUT2D eigenvalue weighted by molar-refractivity contribution is 6.31. The fourth-order valence-corrected chi connectivity index (χ4v) is 6.30. The molecule has 0 radical (unpaired) electrons. The second-order valence-corrected chi connectivity index (χ2v) is 16.2. The summed E-state index contributed by atoms with van der Waals surface area (Å²) in [5.41, 5.74) is 9.50. The summed E-state index contributed by atoms with van der Waals surface area (Å²) in [4.78, 5) is 78.4. The number of halogens is 6. The van der Waals surface area contributed by atoms with Crippen molar-refractivity contribution < 1.29 is 59.0 Å². The summed E-state index contributed by atoms with van der Waals surface area (Å²) >= 11 is 28.8. The monoisotopic (exact) mass is 1140 g/mol. The van der Waals surface area contributed by atoms with Crippen molar-refractivity contribution in [2.24, 2.45) is 4.99 Å². The third kappa shape index (κ3) is 19.7. The Morgan fingerprint density at radius 3 is 1.52 bits per heavy atom. The molecular formula is C43H45Cl5FN15O11. The summed E-state index contributed by atoms with van der Waals surface area (Å²) < 4.78 is 38.2. The SMILES string of the molecule is CC(C)(C)OC(=O)Nc1cc(Cl)n2ncnc2c1.CF.COC(=O)c1cc(Cl)n2ncnc2c1.COC(=O)c1cc(Cl)nc(N=CNO)c1.COC(=O)c1cc(N)nc(Cl)c1.O=C(O)c1cc(Cl)n2ncnc2c1.[2H]C. The number of esters is 3. The second kappa shape index (κ2) is 30.2. The lowest BCUT2D eigenvalue weighted by Crippen LogP contribution is -2.27. The first-order chi connectivity index (χ1) is 36.0. The molecule has 0 aliphatic rings. The Balaban J connectivity index is 0.000000321. The number of anilines is 2. The molecule has 0 aliphatic heterocycles. The number of hydrogen-bond donors (Lipinski definition) is 5. The van der Waals surface area contributed by atoms with Gasteiger partial charge in [0.2, 0.25) is 0 Å². The zero-order valence-electron chi connectivity index (χ0n) is 41.4. The Kier molecular flexibility index (Phi) is 24.6. The number of nitrogens with one attached hydrogen (secondary N) is 2. The van der Waals surface area contributed by atoms with Gasteiger partial charge in [-0.1, -0.05) is 65.4 Å². The van der Waals surface area contributed by atoms with Gasteiger partial charge >= 0.3 is 30.0 Å². The van der Waals surface area contributed by atoms with Crippen LogP contribution in [0.15, 0.2) is 84.6 Å². The predicted octanol–water partition coefficient (Wildman–Crippen LogP) is 8.47. The molecule has 0 fully saturated rings. The van der Waals surface area contributed by atoms with Crippen molar-refractivity contribution in [1.29, 1.82) is 0 Å². The smallest absolute Gasteiger partial charge is 0.412 e. The zero-order valence-corrected chi connectivity index (χ0v) is 44.1. The average molecular weight is 1150 g/mol. The molecule has 26 nitrogen and oxygen atoms in total. The maximum atomic E-state index is 11.6. The number of carboxylic acids is 1. The maximum absolute atomic E-state index is 11.6. The fraction of sp³-hybridized carbons (Fsp3) is 0.209. The summed E-state index contributed by atoms with van der Waals surface area (Å²) in [6.07, 6.45) is 4.52. The third-order valence-electron chi connectivity index (χ3n) is 8.01. The van der Waals surface area contributed by atoms with Gasteiger partial charge in [-0.3, -0.25) is 20.4 Å². The molecule has 8 rings (SSSR count). The van der Waals surface area contributed by atoms with E-state index in [0.29, 0.717) is 51.2 Å². The highest BCUT2D eigenvalue weighted by Crippen LogP contribution is 2.21. The van der Waals surface area contributed by atoms with Crippen molar-refractivity contribution in [3.63, 3.8) is 0 Å². The van der Waals surface area contributed by atoms with Crippen molar-refractivity contribution in [3.8, 4) is 0 Å². The summed E-state index contributed by atoms with van der Waals surface area (Å²) in [7, 11) is 5.60. The number of amides is 1. The minimum Gasteiger partial charge on any atom is -0.478 e. The van der Waals surface area contributed by atoms with Crippen molar-refractivity contribution in [2.75, 3.05) is 39.6 Å². The van der Waals surface area contributed by atoms with Gasteiger partial charge in [-0.25, -0.2) is 67.4 Å². The number of aromatic carboxylic acids is 1. The molecular weight excluding hydrogens is 1100 g/mol. The van der Waals surface area contributed by atoms with E-state index in [0.717, 1.165) is 6.34 Å². The first-order valence-electron chi connectivity index (χ1n) is 20.9. The van der Waals surface area contributed by atoms with Crippen LogP contribution in [0, 0.1) is 0 Å². The predicted molar refractivity (Wildman–Crippen MR) is 275 cm³/mol. The van der Waals surface area contributed by atoms with Gasteiger partial charge in [0.1, 0.15) is 62.5 Å². The number of rotatable bonds is 7. The number of nitrogens with two attached hydrogens (primary N) is 1. The lowest BCUT2D eigenvalue weighted by atomic mass is 10.2. The third-order valence-corrected chi connectivity index (χ3v) is 9.21. The number of carbonyl (C=O) groups is 5. The number of methoxy groups -OCH3 is 3. The van der Waals surface area contributed by atoms with Crippen LogP contribution in [0.5, 0.6) is 0 Å². The Bertz CT molecular complexity index is 3250. The molecule has 0 spiro atoms. The van der Waals surface area contributed by atoms with Gasteiger partial charge < -0.3 is 29.8 Å². The van der Waals surface area contributed by atoms with E-state index in [4.69, 9.17) is 80.2 Å². The fourth-order valence-electron chi connectivity index (χ4n) is 5.14. The molecule has 6 N–H and O–H groups in total. The van der Waals surface area contributed by atoms with E-state index in [1.54, 1.807) is 44.5 Å². The molecule has 0 aliphatic carbocycles. The van der Waals surface area contributed by atoms with Crippen LogP contribution >= 0.6 is 58.0 Å². The van der Waals surface area contributed by atoms with E-state index in [-0.39, 0.29) is 38.2 Å². The Morgan fingerprint density at radius 2 is 1.08 bits per heavy atom. The number of aromatic nitrogens is 11. The zero-order chi connectivity index (χ0) is 57.3. The Morgan fingerprint density at radius 1 is 0.667 bits per heavy atom. The number of pyridine rings is 5. The summed E-state index contributed by atoms with van der Waals surface area (Å²) in [5, 5.41) is 32.3. The van der Waals surface area contributed by atoms with Crippen molar-refractivity contribution in [3.05, 3.63) is 128 Å². The number of carbonyl (C=O) groups excluding carboxylic acids is 4. The van der Waals surface area contributed by atoms with E-state index in [2.05, 4.69) is 64.7 Å². The van der Waals surface area contributed by atoms with E-state index in [1.807, 2.05) is 0 Å². The molecule has 0 aromatic carbocycles. The van der Waals surface area contributed by atoms with Crippen molar-refractivity contribution in [1.82, 2.24) is 59.2 Å². The van der Waals surface area contributed by atoms with E-state index < -0.39 is 35.6 Å². The van der Waals surface area contributed by atoms with Gasteiger partial charge in [0.25, 0.3) is 0 Å². The van der Waals surface area contributed by atoms with E-state index >= 15 is 0 Å². The van der Waals surface area contributed by atoms with Gasteiger partial charge in [0, 0.05) is 7.44 Å². The summed E-state index contributed by atoms with van der Waals surface area (Å²) in [6, 6.07) is 14.5. The lowest BCUT2D eigenvalue weighted by Gasteiger charge is -2.19. The Hall–Kier alpha value is -8.08. The molecule has 1 amide bonds. The van der Waals surface area contributed by atoms with Crippen LogP contribution in [0.1, 0.15) is 71.0 Å². The molecule has 75 heavy (non-hydrogen) atoms. The number of nitrogens with zero attached hydrogens (tertiary/aromatic N) is 12. The largest absolute Gasteiger partial charge is 0.478 e. The first-order valence-corrected chi connectivity index (χ1v) is 21.8. The molecule has 0 atom stereocenters. The number of carboxylic acid groups (broad SMARTS) is 1. The number of nitrogen functional groups attached to an aromatic ring is 1. The summed E-state index contributed by atoms with van der Waals surface area (Å²) in [6.45, 7) is 5.38. The van der Waals surface area contributed by atoms with Gasteiger partial charge in [0.15, 0.2) is 22.8 Å². The van der Waals surface area contributed by atoms with Gasteiger partial charge in [-0.2, -0.15) is 15.3 Å². The molecule has 0 bridgehead atoms.